The van der Waals surface area contributed by atoms with Gasteiger partial charge in [0.1, 0.15) is 0 Å². The van der Waals surface area contributed by atoms with Crippen molar-refractivity contribution in [3.05, 3.63) is 35.7 Å². The largest absolute Gasteiger partial charge is 0.465 e. The molecule has 0 aliphatic rings. The summed E-state index contributed by atoms with van der Waals surface area (Å²) >= 11 is 1.43. The van der Waals surface area contributed by atoms with E-state index in [1.165, 1.54) is 18.9 Å². The Bertz CT molecular complexity index is 699. The highest BCUT2D eigenvalue weighted by Crippen LogP contribution is 2.14. The van der Waals surface area contributed by atoms with E-state index in [1.54, 1.807) is 28.9 Å². The molecule has 1 amide bonds. The third kappa shape index (κ3) is 4.79. The number of benzene rings is 1. The number of rotatable bonds is 7. The van der Waals surface area contributed by atoms with Gasteiger partial charge in [-0.25, -0.2) is 9.48 Å². The molecule has 0 unspecified atom stereocenters. The zero-order valence-electron chi connectivity index (χ0n) is 13.7. The number of carbonyl (C=O) groups is 2. The van der Waals surface area contributed by atoms with Gasteiger partial charge in [0.2, 0.25) is 5.91 Å². The number of thioether (sulfide) groups is 1. The molecule has 0 aliphatic carbocycles. The van der Waals surface area contributed by atoms with Gasteiger partial charge in [-0.2, -0.15) is 0 Å². The Hall–Kier alpha value is -2.42. The molecule has 1 aromatic carbocycles. The van der Waals surface area contributed by atoms with Crippen LogP contribution in [-0.4, -0.2) is 44.9 Å². The zero-order valence-corrected chi connectivity index (χ0v) is 14.5. The number of hydrogen-bond acceptors (Lipinski definition) is 7. The predicted molar refractivity (Wildman–Crippen MR) is 90.8 cm³/mol. The zero-order chi connectivity index (χ0) is 17.5. The first kappa shape index (κ1) is 17.9. The maximum atomic E-state index is 12.0. The molecule has 2 rings (SSSR count). The lowest BCUT2D eigenvalue weighted by Crippen LogP contribution is -2.15. The lowest BCUT2D eigenvalue weighted by molar-refractivity contribution is -0.113. The van der Waals surface area contributed by atoms with Crippen LogP contribution in [0.4, 0.5) is 5.69 Å². The highest BCUT2D eigenvalue weighted by molar-refractivity contribution is 7.99. The number of esters is 1. The number of nitrogens with one attached hydrogen (secondary N) is 1. The Morgan fingerprint density at radius 2 is 2.00 bits per heavy atom. The predicted octanol–water partition coefficient (Wildman–Crippen LogP) is 1.91. The van der Waals surface area contributed by atoms with E-state index in [0.717, 1.165) is 5.82 Å². The van der Waals surface area contributed by atoms with Crippen LogP contribution < -0.4 is 5.32 Å². The number of carbonyl (C=O) groups excluding carboxylic acids is 2. The summed E-state index contributed by atoms with van der Waals surface area (Å²) < 4.78 is 6.36. The number of nitrogens with zero attached hydrogens (tertiary/aromatic N) is 4. The monoisotopic (exact) mass is 349 g/mol. The molecule has 0 atom stereocenters. The molecular weight excluding hydrogens is 330 g/mol. The maximum absolute atomic E-state index is 12.0. The van der Waals surface area contributed by atoms with Gasteiger partial charge >= 0.3 is 5.97 Å². The second-order valence-corrected chi connectivity index (χ2v) is 6.23. The molecule has 0 spiro atoms. The normalized spacial score (nSPS) is 10.7. The van der Waals surface area contributed by atoms with Gasteiger partial charge in [0.15, 0.2) is 5.82 Å². The first-order valence-electron chi connectivity index (χ1n) is 7.34. The maximum Gasteiger partial charge on any atom is 0.337 e. The summed E-state index contributed by atoms with van der Waals surface area (Å²) in [7, 11) is 1.32. The second-order valence-electron chi connectivity index (χ2n) is 5.24. The number of ether oxygens (including phenoxy) is 1. The van der Waals surface area contributed by atoms with Gasteiger partial charge in [-0.05, 0) is 48.5 Å². The summed E-state index contributed by atoms with van der Waals surface area (Å²) in [4.78, 5) is 23.3. The summed E-state index contributed by atoms with van der Waals surface area (Å²) in [6.07, 6.45) is 0. The van der Waals surface area contributed by atoms with Gasteiger partial charge < -0.3 is 10.1 Å². The molecule has 0 aliphatic heterocycles. The minimum Gasteiger partial charge on any atom is -0.465 e. The molecule has 0 saturated carbocycles. The lowest BCUT2D eigenvalue weighted by Gasteiger charge is -2.08. The minimum absolute atomic E-state index is 0.130. The van der Waals surface area contributed by atoms with Crippen LogP contribution in [0, 0.1) is 0 Å². The van der Waals surface area contributed by atoms with Crippen LogP contribution in [0.3, 0.4) is 0 Å². The van der Waals surface area contributed by atoms with Crippen molar-refractivity contribution in [2.45, 2.75) is 25.6 Å². The van der Waals surface area contributed by atoms with E-state index in [4.69, 9.17) is 0 Å². The molecule has 0 radical (unpaired) electrons. The Labute approximate surface area is 144 Å². The fraction of sp³-hybridized carbons (Fsp3) is 0.400. The van der Waals surface area contributed by atoms with E-state index in [0.29, 0.717) is 17.0 Å². The van der Waals surface area contributed by atoms with Gasteiger partial charge in [-0.15, -0.1) is 16.9 Å². The van der Waals surface area contributed by atoms with Gasteiger partial charge in [0.05, 0.1) is 30.2 Å². The highest BCUT2D eigenvalue weighted by Gasteiger charge is 2.11. The summed E-state index contributed by atoms with van der Waals surface area (Å²) in [5, 5.41) is 14.3. The molecule has 0 bridgehead atoms. The van der Waals surface area contributed by atoms with Gasteiger partial charge in [-0.1, -0.05) is 0 Å². The first-order valence-corrected chi connectivity index (χ1v) is 8.49. The SMILES string of the molecule is COC(=O)c1ccc(NC(=O)CSCc2nnnn2C(C)C)cc1. The van der Waals surface area contributed by atoms with Crippen molar-refractivity contribution in [1.82, 2.24) is 20.2 Å². The Kier molecular flexibility index (Phi) is 6.30. The van der Waals surface area contributed by atoms with Crippen molar-refractivity contribution in [3.8, 4) is 0 Å². The van der Waals surface area contributed by atoms with Crippen molar-refractivity contribution in [2.75, 3.05) is 18.2 Å². The Morgan fingerprint density at radius 1 is 1.29 bits per heavy atom. The molecule has 24 heavy (non-hydrogen) atoms. The minimum atomic E-state index is -0.411. The molecule has 2 aromatic rings. The molecule has 1 aromatic heterocycles. The van der Waals surface area contributed by atoms with E-state index in [9.17, 15) is 9.59 Å². The Morgan fingerprint density at radius 3 is 2.62 bits per heavy atom. The summed E-state index contributed by atoms with van der Waals surface area (Å²) in [6.45, 7) is 3.99. The Balaban J connectivity index is 1.81. The number of methoxy groups -OCH3 is 1. The van der Waals surface area contributed by atoms with Crippen LogP contribution in [-0.2, 0) is 15.3 Å². The smallest absolute Gasteiger partial charge is 0.337 e. The molecule has 1 N–H and O–H groups in total. The number of amides is 1. The fourth-order valence-electron chi connectivity index (χ4n) is 1.95. The standard InChI is InChI=1S/C15H19N5O3S/c1-10(2)20-13(17-18-19-20)8-24-9-14(21)16-12-6-4-11(5-7-12)15(22)23-3/h4-7,10H,8-9H2,1-3H3,(H,16,21). The van der Waals surface area contributed by atoms with E-state index >= 15 is 0 Å². The third-order valence-electron chi connectivity index (χ3n) is 3.10. The van der Waals surface area contributed by atoms with Crippen LogP contribution in [0.2, 0.25) is 0 Å². The van der Waals surface area contributed by atoms with Crippen LogP contribution >= 0.6 is 11.8 Å². The van der Waals surface area contributed by atoms with Crippen molar-refractivity contribution in [3.63, 3.8) is 0 Å². The first-order chi connectivity index (χ1) is 11.5. The van der Waals surface area contributed by atoms with Gasteiger partial charge in [0.25, 0.3) is 0 Å². The second kappa shape index (κ2) is 8.44. The van der Waals surface area contributed by atoms with E-state index in [-0.39, 0.29) is 17.7 Å². The van der Waals surface area contributed by atoms with Crippen molar-refractivity contribution < 1.29 is 14.3 Å². The highest BCUT2D eigenvalue weighted by atomic mass is 32.2. The molecule has 0 fully saturated rings. The molecule has 128 valence electrons. The summed E-state index contributed by atoms with van der Waals surface area (Å²) in [5.74, 6) is 1.04. The van der Waals surface area contributed by atoms with Gasteiger partial charge in [0, 0.05) is 5.69 Å². The van der Waals surface area contributed by atoms with Gasteiger partial charge in [-0.3, -0.25) is 4.79 Å². The van der Waals surface area contributed by atoms with E-state index in [2.05, 4.69) is 25.6 Å². The van der Waals surface area contributed by atoms with Crippen LogP contribution in [0.25, 0.3) is 0 Å². The number of tetrazole rings is 1. The van der Waals surface area contributed by atoms with Crippen molar-refractivity contribution in [1.29, 1.82) is 0 Å². The number of hydrogen-bond donors (Lipinski definition) is 1. The molecule has 9 heteroatoms. The summed E-state index contributed by atoms with van der Waals surface area (Å²) in [5.41, 5.74) is 1.06. The third-order valence-corrected chi connectivity index (χ3v) is 4.03. The van der Waals surface area contributed by atoms with E-state index in [1.807, 2.05) is 13.8 Å². The average Bonchev–Trinajstić information content (AvgIpc) is 3.03. The fourth-order valence-corrected chi connectivity index (χ4v) is 2.68. The van der Waals surface area contributed by atoms with Crippen molar-refractivity contribution in [2.24, 2.45) is 0 Å². The summed E-state index contributed by atoms with van der Waals surface area (Å²) in [6, 6.07) is 6.71. The topological polar surface area (TPSA) is 99.0 Å². The molecule has 0 saturated heterocycles. The lowest BCUT2D eigenvalue weighted by atomic mass is 10.2. The van der Waals surface area contributed by atoms with Crippen LogP contribution in [0.1, 0.15) is 36.1 Å². The quantitative estimate of drug-likeness (QED) is 0.762. The van der Waals surface area contributed by atoms with Crippen molar-refractivity contribution >= 4 is 29.3 Å². The number of aromatic nitrogens is 4. The molecule has 8 nitrogen and oxygen atoms in total. The van der Waals surface area contributed by atoms with E-state index < -0.39 is 5.97 Å². The average molecular weight is 349 g/mol. The number of anilines is 1. The van der Waals surface area contributed by atoms with Crippen LogP contribution in [0.15, 0.2) is 24.3 Å². The molecular formula is C15H19N5O3S. The van der Waals surface area contributed by atoms with Crippen LogP contribution in [0.5, 0.6) is 0 Å². The molecule has 1 heterocycles.